The number of aryl methyl sites for hydroxylation is 1. The van der Waals surface area contributed by atoms with E-state index in [9.17, 15) is 8.78 Å². The normalized spacial score (nSPS) is 24.6. The highest BCUT2D eigenvalue weighted by molar-refractivity contribution is 5.76. The summed E-state index contributed by atoms with van der Waals surface area (Å²) in [4.78, 5) is 2.61. The van der Waals surface area contributed by atoms with E-state index in [0.29, 0.717) is 17.5 Å². The molecule has 3 heterocycles. The van der Waals surface area contributed by atoms with Gasteiger partial charge in [0, 0.05) is 36.3 Å². The molecule has 4 heteroatoms. The molecule has 2 nitrogen and oxygen atoms in total. The van der Waals surface area contributed by atoms with Gasteiger partial charge in [-0.3, -0.25) is 0 Å². The highest BCUT2D eigenvalue weighted by Crippen LogP contribution is 2.48. The number of hydrogen-bond acceptors (Lipinski definition) is 2. The highest BCUT2D eigenvalue weighted by atomic mass is 19.2. The summed E-state index contributed by atoms with van der Waals surface area (Å²) >= 11 is 0. The molecule has 0 aliphatic carbocycles. The van der Waals surface area contributed by atoms with E-state index in [2.05, 4.69) is 22.3 Å². The van der Waals surface area contributed by atoms with Crippen molar-refractivity contribution in [3.05, 3.63) is 53.1 Å². The Kier molecular flexibility index (Phi) is 3.56. The van der Waals surface area contributed by atoms with Crippen LogP contribution in [0.2, 0.25) is 0 Å². The largest absolute Gasteiger partial charge is 0.367 e. The summed E-state index contributed by atoms with van der Waals surface area (Å²) in [5, 5.41) is 3.52. The number of anilines is 1. The van der Waals surface area contributed by atoms with Crippen molar-refractivity contribution in [3.63, 3.8) is 0 Å². The van der Waals surface area contributed by atoms with E-state index in [1.165, 1.54) is 29.3 Å². The summed E-state index contributed by atoms with van der Waals surface area (Å²) < 4.78 is 28.1. The molecule has 3 aliphatic rings. The lowest BCUT2D eigenvalue weighted by Gasteiger charge is -2.33. The van der Waals surface area contributed by atoms with Crippen molar-refractivity contribution in [2.75, 3.05) is 24.5 Å². The fourth-order valence-corrected chi connectivity index (χ4v) is 5.00. The van der Waals surface area contributed by atoms with Gasteiger partial charge in [0.15, 0.2) is 11.6 Å². The third-order valence-electron chi connectivity index (χ3n) is 6.11. The van der Waals surface area contributed by atoms with E-state index in [4.69, 9.17) is 0 Å². The summed E-state index contributed by atoms with van der Waals surface area (Å²) in [6, 6.07) is 9.24. The number of halogens is 2. The van der Waals surface area contributed by atoms with Crippen LogP contribution in [0.15, 0.2) is 30.3 Å². The zero-order valence-electron chi connectivity index (χ0n) is 14.2. The van der Waals surface area contributed by atoms with Crippen molar-refractivity contribution < 1.29 is 8.78 Å². The van der Waals surface area contributed by atoms with Crippen LogP contribution in [0, 0.1) is 11.6 Å². The zero-order valence-corrected chi connectivity index (χ0v) is 14.2. The molecule has 1 fully saturated rings. The van der Waals surface area contributed by atoms with Crippen molar-refractivity contribution >= 4 is 5.69 Å². The second-order valence-corrected chi connectivity index (χ2v) is 7.49. The molecule has 0 spiro atoms. The summed E-state index contributed by atoms with van der Waals surface area (Å²) in [5.74, 6) is -1.06. The quantitative estimate of drug-likeness (QED) is 0.836. The number of benzene rings is 2. The van der Waals surface area contributed by atoms with Crippen molar-refractivity contribution in [2.45, 2.75) is 37.6 Å². The molecule has 0 bridgehead atoms. The Morgan fingerprint density at radius 2 is 2.04 bits per heavy atom. The van der Waals surface area contributed by atoms with Gasteiger partial charge in [-0.05, 0) is 67.1 Å². The van der Waals surface area contributed by atoms with Crippen molar-refractivity contribution in [2.24, 2.45) is 0 Å². The molecule has 0 radical (unpaired) electrons. The van der Waals surface area contributed by atoms with Crippen molar-refractivity contribution in [1.82, 2.24) is 5.32 Å². The number of fused-ring (bicyclic) bond motifs is 3. The molecular formula is C21H22F2N2. The van der Waals surface area contributed by atoms with E-state index in [1.54, 1.807) is 12.1 Å². The first kappa shape index (κ1) is 15.3. The lowest BCUT2D eigenvalue weighted by atomic mass is 9.87. The van der Waals surface area contributed by atoms with Crippen LogP contribution in [0.5, 0.6) is 0 Å². The summed E-state index contributed by atoms with van der Waals surface area (Å²) in [6.45, 7) is 3.16. The van der Waals surface area contributed by atoms with Gasteiger partial charge in [0.1, 0.15) is 0 Å². The maximum Gasteiger partial charge on any atom is 0.166 e. The standard InChI is InChI=1S/C21H22F2N2/c22-18-6-3-5-15(20(18)23)14-10-13-4-1-2-9-25-19-7-8-24-12-17(19)16(11-14)21(13)25/h3,5-6,10-11,17,19,24H,1-2,4,7-9,12H2/t17-,19-/m1/s1. The number of piperidine rings is 1. The van der Waals surface area contributed by atoms with Crippen molar-refractivity contribution in [1.29, 1.82) is 0 Å². The first-order chi connectivity index (χ1) is 12.2. The van der Waals surface area contributed by atoms with Crippen molar-refractivity contribution in [3.8, 4) is 11.1 Å². The van der Waals surface area contributed by atoms with Gasteiger partial charge in [-0.25, -0.2) is 8.78 Å². The topological polar surface area (TPSA) is 15.3 Å². The Balaban J connectivity index is 1.70. The zero-order chi connectivity index (χ0) is 17.0. The fraction of sp³-hybridized carbons (Fsp3) is 0.429. The van der Waals surface area contributed by atoms with Gasteiger partial charge in [-0.1, -0.05) is 12.1 Å². The molecule has 1 saturated heterocycles. The molecule has 2 atom stereocenters. The van der Waals surface area contributed by atoms with Gasteiger partial charge in [0.25, 0.3) is 0 Å². The molecule has 25 heavy (non-hydrogen) atoms. The Hall–Kier alpha value is -1.94. The van der Waals surface area contributed by atoms with E-state index < -0.39 is 11.6 Å². The Labute approximate surface area is 146 Å². The first-order valence-electron chi connectivity index (χ1n) is 9.32. The van der Waals surface area contributed by atoms with Crippen LogP contribution < -0.4 is 10.2 Å². The van der Waals surface area contributed by atoms with E-state index in [0.717, 1.165) is 44.5 Å². The molecule has 3 aliphatic heterocycles. The molecule has 5 rings (SSSR count). The average Bonchev–Trinajstić information content (AvgIpc) is 2.79. The number of nitrogens with zero attached hydrogens (tertiary/aromatic N) is 1. The van der Waals surface area contributed by atoms with Crippen LogP contribution >= 0.6 is 0 Å². The molecule has 1 N–H and O–H groups in total. The minimum absolute atomic E-state index is 0.377. The van der Waals surface area contributed by atoms with Crippen LogP contribution in [0.25, 0.3) is 11.1 Å². The van der Waals surface area contributed by atoms with E-state index >= 15 is 0 Å². The van der Waals surface area contributed by atoms with Gasteiger partial charge in [0.2, 0.25) is 0 Å². The summed E-state index contributed by atoms with van der Waals surface area (Å²) in [5.41, 5.74) is 5.22. The maximum absolute atomic E-state index is 14.4. The second-order valence-electron chi connectivity index (χ2n) is 7.49. The Morgan fingerprint density at radius 1 is 1.12 bits per heavy atom. The maximum atomic E-state index is 14.4. The predicted octanol–water partition coefficient (Wildman–Crippen LogP) is 4.23. The average molecular weight is 340 g/mol. The predicted molar refractivity (Wildman–Crippen MR) is 96.1 cm³/mol. The van der Waals surface area contributed by atoms with Gasteiger partial charge in [0.05, 0.1) is 0 Å². The molecule has 2 aromatic rings. The van der Waals surface area contributed by atoms with E-state index in [-0.39, 0.29) is 0 Å². The molecular weight excluding hydrogens is 318 g/mol. The molecule has 0 aromatic heterocycles. The van der Waals surface area contributed by atoms with Crippen LogP contribution in [0.4, 0.5) is 14.5 Å². The van der Waals surface area contributed by atoms with Crippen LogP contribution in [0.1, 0.15) is 36.3 Å². The minimum Gasteiger partial charge on any atom is -0.367 e. The molecule has 130 valence electrons. The third-order valence-corrected chi connectivity index (χ3v) is 6.11. The number of nitrogens with one attached hydrogen (secondary N) is 1. The lowest BCUT2D eigenvalue weighted by Crippen LogP contribution is -2.44. The number of rotatable bonds is 1. The molecule has 0 saturated carbocycles. The van der Waals surface area contributed by atoms with Gasteiger partial charge in [-0.15, -0.1) is 0 Å². The van der Waals surface area contributed by atoms with Crippen LogP contribution in [-0.2, 0) is 6.42 Å². The van der Waals surface area contributed by atoms with Crippen LogP contribution in [0.3, 0.4) is 0 Å². The number of hydrogen-bond donors (Lipinski definition) is 1. The van der Waals surface area contributed by atoms with Gasteiger partial charge < -0.3 is 10.2 Å². The van der Waals surface area contributed by atoms with Gasteiger partial charge >= 0.3 is 0 Å². The Morgan fingerprint density at radius 3 is 2.96 bits per heavy atom. The van der Waals surface area contributed by atoms with E-state index in [1.807, 2.05) is 0 Å². The monoisotopic (exact) mass is 340 g/mol. The lowest BCUT2D eigenvalue weighted by molar-refractivity contribution is 0.401. The first-order valence-corrected chi connectivity index (χ1v) is 9.32. The molecule has 0 amide bonds. The summed E-state index contributed by atoms with van der Waals surface area (Å²) in [6.07, 6.45) is 4.54. The van der Waals surface area contributed by atoms with Crippen LogP contribution in [-0.4, -0.2) is 25.7 Å². The van der Waals surface area contributed by atoms with Gasteiger partial charge in [-0.2, -0.15) is 0 Å². The fourth-order valence-electron chi connectivity index (χ4n) is 5.00. The summed E-state index contributed by atoms with van der Waals surface area (Å²) in [7, 11) is 0. The second kappa shape index (κ2) is 5.80. The SMILES string of the molecule is Fc1cccc(-c2cc3c4c(c2)[C@H]2CNCC[C@H]2N4CCCC3)c1F. The smallest absolute Gasteiger partial charge is 0.166 e. The Bertz CT molecular complexity index is 833. The minimum atomic E-state index is -0.775. The highest BCUT2D eigenvalue weighted by Gasteiger charge is 2.41. The molecule has 2 aromatic carbocycles. The third kappa shape index (κ3) is 2.30. The molecule has 0 unspecified atom stereocenters.